The van der Waals surface area contributed by atoms with Gasteiger partial charge in [-0.15, -0.1) is 0 Å². The maximum absolute atomic E-state index is 14.7. The zero-order valence-corrected chi connectivity index (χ0v) is 14.1. The fraction of sp³-hybridized carbons (Fsp3) is 0.200. The highest BCUT2D eigenvalue weighted by Gasteiger charge is 2.23. The maximum atomic E-state index is 14.7. The molecule has 24 heavy (non-hydrogen) atoms. The van der Waals surface area contributed by atoms with Gasteiger partial charge in [-0.25, -0.2) is 13.9 Å². The first-order valence-corrected chi connectivity index (χ1v) is 7.91. The smallest absolute Gasteiger partial charge is 0.227 e. The van der Waals surface area contributed by atoms with Crippen LogP contribution in [0.15, 0.2) is 40.9 Å². The van der Waals surface area contributed by atoms with Crippen molar-refractivity contribution < 1.29 is 13.4 Å². The highest BCUT2D eigenvalue weighted by atomic mass is 19.1. The monoisotopic (exact) mass is 321 g/mol. The zero-order chi connectivity index (χ0) is 17.0. The summed E-state index contributed by atoms with van der Waals surface area (Å²) in [7, 11) is 1.98. The van der Waals surface area contributed by atoms with Crippen molar-refractivity contribution in [3.63, 3.8) is 0 Å². The van der Waals surface area contributed by atoms with Crippen molar-refractivity contribution in [3.8, 4) is 11.3 Å². The Hall–Kier alpha value is -2.75. The van der Waals surface area contributed by atoms with E-state index in [1.54, 1.807) is 6.07 Å². The molecule has 0 atom stereocenters. The Labute approximate surface area is 139 Å². The first kappa shape index (κ1) is 14.8. The van der Waals surface area contributed by atoms with E-state index in [2.05, 4.69) is 11.1 Å². The van der Waals surface area contributed by atoms with E-state index in [0.29, 0.717) is 22.1 Å². The third-order valence-corrected chi connectivity index (χ3v) is 4.46. The molecule has 0 saturated carbocycles. The van der Waals surface area contributed by atoms with Crippen LogP contribution in [0.5, 0.6) is 0 Å². The number of aromatic nitrogens is 2. The SMILES string of the molecule is Cc1cc[n+](C)c(-c2c(C)cc(F)c3c2oc2nc(C)ccc23)c1. The van der Waals surface area contributed by atoms with E-state index in [4.69, 9.17) is 4.42 Å². The normalized spacial score (nSPS) is 11.5. The van der Waals surface area contributed by atoms with Crippen LogP contribution in [0.25, 0.3) is 33.3 Å². The molecule has 3 heterocycles. The fourth-order valence-electron chi connectivity index (χ4n) is 3.24. The number of pyridine rings is 2. The van der Waals surface area contributed by atoms with Gasteiger partial charge in [-0.05, 0) is 50.1 Å². The highest BCUT2D eigenvalue weighted by Crippen LogP contribution is 2.38. The van der Waals surface area contributed by atoms with Crippen LogP contribution in [0.2, 0.25) is 0 Å². The van der Waals surface area contributed by atoms with Crippen LogP contribution in [0, 0.1) is 26.6 Å². The molecule has 0 amide bonds. The summed E-state index contributed by atoms with van der Waals surface area (Å²) in [6, 6.07) is 9.47. The molecule has 0 unspecified atom stereocenters. The molecular formula is C20H18FN2O+. The summed E-state index contributed by atoms with van der Waals surface area (Å²) in [5.41, 5.74) is 5.78. The third-order valence-electron chi connectivity index (χ3n) is 4.46. The molecule has 3 aromatic heterocycles. The van der Waals surface area contributed by atoms with Crippen molar-refractivity contribution in [1.82, 2.24) is 4.98 Å². The average molecular weight is 321 g/mol. The highest BCUT2D eigenvalue weighted by molar-refractivity contribution is 6.09. The Morgan fingerprint density at radius 2 is 1.88 bits per heavy atom. The van der Waals surface area contributed by atoms with Gasteiger partial charge in [0.25, 0.3) is 0 Å². The molecule has 4 rings (SSSR count). The van der Waals surface area contributed by atoms with Crippen molar-refractivity contribution in [2.75, 3.05) is 0 Å². The van der Waals surface area contributed by atoms with E-state index < -0.39 is 0 Å². The van der Waals surface area contributed by atoms with E-state index in [1.807, 2.05) is 56.8 Å². The second-order valence-corrected chi connectivity index (χ2v) is 6.36. The maximum Gasteiger partial charge on any atom is 0.227 e. The Balaban J connectivity index is 2.20. The number of rotatable bonds is 1. The third kappa shape index (κ3) is 2.10. The standard InChI is InChI=1S/C20H18FN2O/c1-11-7-8-23(4)16(9-11)17-12(2)10-15(21)18-14-6-5-13(3)22-20(14)24-19(17)18/h5-10H,1-4H3/q+1. The first-order valence-electron chi connectivity index (χ1n) is 7.91. The van der Waals surface area contributed by atoms with Crippen molar-refractivity contribution in [1.29, 1.82) is 0 Å². The van der Waals surface area contributed by atoms with Crippen LogP contribution >= 0.6 is 0 Å². The summed E-state index contributed by atoms with van der Waals surface area (Å²) in [5.74, 6) is -0.272. The van der Waals surface area contributed by atoms with E-state index in [-0.39, 0.29) is 5.82 Å². The molecule has 0 bridgehead atoms. The summed E-state index contributed by atoms with van der Waals surface area (Å²) in [5, 5.41) is 1.21. The molecule has 3 nitrogen and oxygen atoms in total. The number of hydrogen-bond acceptors (Lipinski definition) is 2. The number of hydrogen-bond donors (Lipinski definition) is 0. The van der Waals surface area contributed by atoms with Gasteiger partial charge in [0.05, 0.1) is 16.3 Å². The number of halogens is 1. The van der Waals surface area contributed by atoms with Crippen LogP contribution in [0.1, 0.15) is 16.8 Å². The average Bonchev–Trinajstić information content (AvgIpc) is 2.89. The summed E-state index contributed by atoms with van der Waals surface area (Å²) in [4.78, 5) is 4.42. The summed E-state index contributed by atoms with van der Waals surface area (Å²) < 4.78 is 22.7. The Kier molecular flexibility index (Phi) is 3.17. The van der Waals surface area contributed by atoms with Crippen molar-refractivity contribution in [2.45, 2.75) is 20.8 Å². The predicted molar refractivity (Wildman–Crippen MR) is 92.3 cm³/mol. The van der Waals surface area contributed by atoms with Gasteiger partial charge in [-0.1, -0.05) is 0 Å². The van der Waals surface area contributed by atoms with E-state index >= 15 is 0 Å². The molecule has 0 fully saturated rings. The summed E-state index contributed by atoms with van der Waals surface area (Å²) in [6.45, 7) is 5.85. The van der Waals surface area contributed by atoms with Crippen molar-refractivity contribution in [3.05, 3.63) is 59.2 Å². The summed E-state index contributed by atoms with van der Waals surface area (Å²) in [6.07, 6.45) is 2.00. The Morgan fingerprint density at radius 3 is 2.67 bits per heavy atom. The van der Waals surface area contributed by atoms with Crippen LogP contribution in [0.3, 0.4) is 0 Å². The molecule has 0 aliphatic carbocycles. The van der Waals surface area contributed by atoms with Crippen LogP contribution in [0.4, 0.5) is 4.39 Å². The molecule has 4 aromatic rings. The van der Waals surface area contributed by atoms with Crippen molar-refractivity contribution >= 4 is 22.1 Å². The minimum atomic E-state index is -0.272. The van der Waals surface area contributed by atoms with Gasteiger partial charge in [-0.2, -0.15) is 0 Å². The fourth-order valence-corrected chi connectivity index (χ4v) is 3.24. The minimum Gasteiger partial charge on any atom is -0.437 e. The van der Waals surface area contributed by atoms with Gasteiger partial charge < -0.3 is 4.42 Å². The van der Waals surface area contributed by atoms with Gasteiger partial charge in [0.1, 0.15) is 12.9 Å². The Morgan fingerprint density at radius 1 is 1.08 bits per heavy atom. The molecule has 4 heteroatoms. The number of nitrogens with zero attached hydrogens (tertiary/aromatic N) is 2. The molecule has 0 N–H and O–H groups in total. The molecule has 0 aliphatic rings. The van der Waals surface area contributed by atoms with Crippen LogP contribution in [-0.4, -0.2) is 4.98 Å². The van der Waals surface area contributed by atoms with Gasteiger partial charge in [-0.3, -0.25) is 0 Å². The zero-order valence-electron chi connectivity index (χ0n) is 14.1. The van der Waals surface area contributed by atoms with E-state index in [1.165, 1.54) is 0 Å². The Bertz CT molecular complexity index is 1110. The van der Waals surface area contributed by atoms with Gasteiger partial charge in [0, 0.05) is 17.8 Å². The molecule has 120 valence electrons. The van der Waals surface area contributed by atoms with E-state index in [9.17, 15) is 4.39 Å². The largest absolute Gasteiger partial charge is 0.437 e. The molecular weight excluding hydrogens is 303 g/mol. The minimum absolute atomic E-state index is 0.272. The van der Waals surface area contributed by atoms with Gasteiger partial charge in [0.15, 0.2) is 11.8 Å². The van der Waals surface area contributed by atoms with E-state index in [0.717, 1.165) is 28.1 Å². The second-order valence-electron chi connectivity index (χ2n) is 6.36. The number of aryl methyl sites for hydroxylation is 4. The first-order chi connectivity index (χ1) is 11.5. The molecule has 1 aromatic carbocycles. The topological polar surface area (TPSA) is 29.9 Å². The lowest BCUT2D eigenvalue weighted by Crippen LogP contribution is -2.30. The molecule has 0 saturated heterocycles. The molecule has 0 spiro atoms. The van der Waals surface area contributed by atoms with Crippen LogP contribution in [-0.2, 0) is 7.05 Å². The van der Waals surface area contributed by atoms with Gasteiger partial charge >= 0.3 is 0 Å². The molecule has 0 aliphatic heterocycles. The number of fused-ring (bicyclic) bond motifs is 3. The lowest BCUT2D eigenvalue weighted by molar-refractivity contribution is -0.660. The van der Waals surface area contributed by atoms with Crippen molar-refractivity contribution in [2.24, 2.45) is 7.05 Å². The summed E-state index contributed by atoms with van der Waals surface area (Å²) >= 11 is 0. The second kappa shape index (κ2) is 5.13. The van der Waals surface area contributed by atoms with Crippen LogP contribution < -0.4 is 4.57 Å². The number of benzene rings is 1. The van der Waals surface area contributed by atoms with Gasteiger partial charge in [0.2, 0.25) is 11.4 Å². The quantitative estimate of drug-likeness (QED) is 0.482. The predicted octanol–water partition coefficient (Wildman–Crippen LogP) is 4.54. The lowest BCUT2D eigenvalue weighted by Gasteiger charge is -2.07. The lowest BCUT2D eigenvalue weighted by atomic mass is 9.99. The molecule has 0 radical (unpaired) electrons. The number of furan rings is 1.